The number of benzene rings is 3. The Bertz CT molecular complexity index is 1210. The molecule has 0 atom stereocenters. The van der Waals surface area contributed by atoms with Crippen molar-refractivity contribution in [3.8, 4) is 0 Å². The third-order valence-corrected chi connectivity index (χ3v) is 4.67. The van der Waals surface area contributed by atoms with Crippen LogP contribution >= 0.6 is 0 Å². The molecule has 0 saturated carbocycles. The van der Waals surface area contributed by atoms with Crippen LogP contribution in [0, 0.1) is 17.0 Å². The molecule has 0 heterocycles. The van der Waals surface area contributed by atoms with Crippen molar-refractivity contribution < 1.29 is 24.0 Å². The van der Waals surface area contributed by atoms with E-state index in [1.54, 1.807) is 49.4 Å². The van der Waals surface area contributed by atoms with E-state index in [0.717, 1.165) is 19.2 Å². The third kappa shape index (κ3) is 4.96. The van der Waals surface area contributed by atoms with E-state index in [2.05, 4.69) is 15.4 Å². The summed E-state index contributed by atoms with van der Waals surface area (Å²) in [6.45, 7) is 1.67. The van der Waals surface area contributed by atoms with Gasteiger partial charge in [0.25, 0.3) is 17.5 Å². The zero-order valence-electron chi connectivity index (χ0n) is 17.2. The summed E-state index contributed by atoms with van der Waals surface area (Å²) in [6.07, 6.45) is 0. The number of carbonyl (C=O) groups excluding carboxylic acids is 3. The number of methoxy groups -OCH3 is 1. The van der Waals surface area contributed by atoms with Gasteiger partial charge >= 0.3 is 5.97 Å². The van der Waals surface area contributed by atoms with E-state index in [-0.39, 0.29) is 17.0 Å². The monoisotopic (exact) mass is 433 g/mol. The molecule has 3 aromatic carbocycles. The molecule has 0 fully saturated rings. The zero-order valence-corrected chi connectivity index (χ0v) is 17.2. The molecule has 9 heteroatoms. The van der Waals surface area contributed by atoms with E-state index >= 15 is 0 Å². The summed E-state index contributed by atoms with van der Waals surface area (Å²) in [6, 6.07) is 17.0. The summed E-state index contributed by atoms with van der Waals surface area (Å²) in [5, 5.41) is 16.6. The maximum Gasteiger partial charge on any atom is 0.338 e. The van der Waals surface area contributed by atoms with E-state index in [4.69, 9.17) is 0 Å². The summed E-state index contributed by atoms with van der Waals surface area (Å²) >= 11 is 0. The largest absolute Gasteiger partial charge is 0.465 e. The van der Waals surface area contributed by atoms with Gasteiger partial charge in [-0.15, -0.1) is 0 Å². The Morgan fingerprint density at radius 3 is 2.22 bits per heavy atom. The van der Waals surface area contributed by atoms with Crippen LogP contribution in [0.2, 0.25) is 0 Å². The highest BCUT2D eigenvalue weighted by Gasteiger charge is 2.20. The summed E-state index contributed by atoms with van der Waals surface area (Å²) in [7, 11) is 1.14. The first-order valence-corrected chi connectivity index (χ1v) is 9.45. The van der Waals surface area contributed by atoms with Crippen LogP contribution in [0.5, 0.6) is 0 Å². The highest BCUT2D eigenvalue weighted by molar-refractivity contribution is 6.09. The number of anilines is 2. The molecule has 0 aliphatic rings. The number of ether oxygens (including phenoxy) is 1. The molecule has 162 valence electrons. The van der Waals surface area contributed by atoms with Crippen LogP contribution in [-0.2, 0) is 4.74 Å². The molecule has 9 nitrogen and oxygen atoms in total. The zero-order chi connectivity index (χ0) is 23.3. The Balaban J connectivity index is 1.88. The van der Waals surface area contributed by atoms with E-state index < -0.39 is 22.5 Å². The van der Waals surface area contributed by atoms with E-state index in [1.807, 2.05) is 6.07 Å². The molecule has 0 aromatic heterocycles. The fraction of sp³-hybridized carbons (Fsp3) is 0.0870. The number of amides is 2. The SMILES string of the molecule is COC(=O)c1cc(C(=O)Nc2cccc(C(=O)Nc3ccccc3)c2C)cc([N+](=O)[O-])c1. The minimum atomic E-state index is -0.807. The topological polar surface area (TPSA) is 128 Å². The second kappa shape index (κ2) is 9.52. The van der Waals surface area contributed by atoms with Gasteiger partial charge in [0.05, 0.1) is 17.6 Å². The highest BCUT2D eigenvalue weighted by Crippen LogP contribution is 2.23. The van der Waals surface area contributed by atoms with E-state index in [1.165, 1.54) is 6.07 Å². The molecular formula is C23H19N3O6. The molecule has 0 unspecified atom stereocenters. The van der Waals surface area contributed by atoms with E-state index in [0.29, 0.717) is 22.5 Å². The smallest absolute Gasteiger partial charge is 0.338 e. The van der Waals surface area contributed by atoms with Gasteiger partial charge < -0.3 is 15.4 Å². The van der Waals surface area contributed by atoms with Gasteiger partial charge in [0.15, 0.2) is 0 Å². The van der Waals surface area contributed by atoms with Gasteiger partial charge in [0, 0.05) is 34.6 Å². The summed E-state index contributed by atoms with van der Waals surface area (Å²) in [4.78, 5) is 47.8. The van der Waals surface area contributed by atoms with E-state index in [9.17, 15) is 24.5 Å². The molecule has 0 aliphatic heterocycles. The van der Waals surface area contributed by atoms with Crippen molar-refractivity contribution in [1.29, 1.82) is 0 Å². The van der Waals surface area contributed by atoms with Crippen molar-refractivity contribution in [2.75, 3.05) is 17.7 Å². The standard InChI is InChI=1S/C23H19N3O6/c1-14-19(22(28)24-17-7-4-3-5-8-17)9-6-10-20(14)25-21(27)15-11-16(23(29)32-2)13-18(12-15)26(30)31/h3-13H,1-2H3,(H,24,28)(H,25,27). The number of hydrogen-bond donors (Lipinski definition) is 2. The molecule has 0 bridgehead atoms. The second-order valence-corrected chi connectivity index (χ2v) is 6.77. The number of nitro groups is 1. The number of nitrogens with zero attached hydrogens (tertiary/aromatic N) is 1. The maximum atomic E-state index is 12.8. The number of non-ortho nitro benzene ring substituents is 1. The van der Waals surface area contributed by atoms with Crippen LogP contribution in [0.25, 0.3) is 0 Å². The summed E-state index contributed by atoms with van der Waals surface area (Å²) < 4.78 is 4.60. The molecular weight excluding hydrogens is 414 g/mol. The minimum absolute atomic E-state index is 0.0989. The van der Waals surface area contributed by atoms with Gasteiger partial charge in [-0.25, -0.2) is 4.79 Å². The number of rotatable bonds is 6. The molecule has 32 heavy (non-hydrogen) atoms. The average Bonchev–Trinajstić information content (AvgIpc) is 2.80. The number of carbonyl (C=O) groups is 3. The Morgan fingerprint density at radius 1 is 0.875 bits per heavy atom. The summed E-state index contributed by atoms with van der Waals surface area (Å²) in [5.74, 6) is -1.84. The fourth-order valence-electron chi connectivity index (χ4n) is 3.01. The van der Waals surface area contributed by atoms with Gasteiger partial charge in [-0.1, -0.05) is 24.3 Å². The average molecular weight is 433 g/mol. The van der Waals surface area contributed by atoms with Crippen LogP contribution in [0.3, 0.4) is 0 Å². The van der Waals surface area contributed by atoms with Crippen molar-refractivity contribution in [3.05, 3.63) is 99.1 Å². The number of para-hydroxylation sites is 1. The minimum Gasteiger partial charge on any atom is -0.465 e. The molecule has 3 aromatic rings. The fourth-order valence-corrected chi connectivity index (χ4v) is 3.01. The Kier molecular flexibility index (Phi) is 6.59. The molecule has 2 N–H and O–H groups in total. The first-order valence-electron chi connectivity index (χ1n) is 9.45. The molecule has 3 rings (SSSR count). The quantitative estimate of drug-likeness (QED) is 0.341. The Morgan fingerprint density at radius 2 is 1.56 bits per heavy atom. The van der Waals surface area contributed by atoms with Crippen molar-refractivity contribution in [1.82, 2.24) is 0 Å². The van der Waals surface area contributed by atoms with Gasteiger partial charge in [-0.3, -0.25) is 19.7 Å². The lowest BCUT2D eigenvalue weighted by molar-refractivity contribution is -0.384. The lowest BCUT2D eigenvalue weighted by atomic mass is 10.0. The van der Waals surface area contributed by atoms with Crippen LogP contribution in [-0.4, -0.2) is 29.8 Å². The molecule has 0 radical (unpaired) electrons. The Hall–Kier alpha value is -4.53. The number of hydrogen-bond acceptors (Lipinski definition) is 6. The van der Waals surface area contributed by atoms with Gasteiger partial charge in [-0.05, 0) is 42.8 Å². The van der Waals surface area contributed by atoms with Crippen molar-refractivity contribution in [2.24, 2.45) is 0 Å². The van der Waals surface area contributed by atoms with Crippen molar-refractivity contribution in [2.45, 2.75) is 6.92 Å². The van der Waals surface area contributed by atoms with Crippen molar-refractivity contribution >= 4 is 34.8 Å². The highest BCUT2D eigenvalue weighted by atomic mass is 16.6. The van der Waals surface area contributed by atoms with Crippen molar-refractivity contribution in [3.63, 3.8) is 0 Å². The molecule has 2 amide bonds. The normalized spacial score (nSPS) is 10.2. The number of nitro benzene ring substituents is 1. The third-order valence-electron chi connectivity index (χ3n) is 4.67. The lowest BCUT2D eigenvalue weighted by Gasteiger charge is -2.13. The Labute approximate surface area is 183 Å². The molecule has 0 aliphatic carbocycles. The maximum absolute atomic E-state index is 12.8. The van der Waals surface area contributed by atoms with Crippen LogP contribution in [0.15, 0.2) is 66.7 Å². The predicted octanol–water partition coefficient (Wildman–Crippen LogP) is 4.19. The number of esters is 1. The number of nitrogens with one attached hydrogen (secondary N) is 2. The first-order chi connectivity index (χ1) is 15.3. The van der Waals surface area contributed by atoms with Gasteiger partial charge in [0.2, 0.25) is 0 Å². The summed E-state index contributed by atoms with van der Waals surface area (Å²) in [5.41, 5.74) is 1.18. The molecule has 0 saturated heterocycles. The predicted molar refractivity (Wildman–Crippen MR) is 118 cm³/mol. The van der Waals surface area contributed by atoms with Crippen LogP contribution < -0.4 is 10.6 Å². The van der Waals surface area contributed by atoms with Gasteiger partial charge in [-0.2, -0.15) is 0 Å². The van der Waals surface area contributed by atoms with Crippen LogP contribution in [0.1, 0.15) is 36.6 Å². The second-order valence-electron chi connectivity index (χ2n) is 6.77. The lowest BCUT2D eigenvalue weighted by Crippen LogP contribution is -2.17. The van der Waals surface area contributed by atoms with Crippen LogP contribution in [0.4, 0.5) is 17.1 Å². The molecule has 0 spiro atoms. The first kappa shape index (κ1) is 22.2. The van der Waals surface area contributed by atoms with Gasteiger partial charge in [0.1, 0.15) is 0 Å².